The quantitative estimate of drug-likeness (QED) is 0.471. The average molecular weight is 267 g/mol. The molecule has 1 saturated carbocycles. The highest BCUT2D eigenvalue weighted by molar-refractivity contribution is 5.80. The molecule has 2 rings (SSSR count). The normalized spacial score (nSPS) is 27.5. The van der Waals surface area contributed by atoms with E-state index < -0.39 is 0 Å². The summed E-state index contributed by atoms with van der Waals surface area (Å²) in [5.41, 5.74) is 0. The Morgan fingerprint density at radius 1 is 1.26 bits per heavy atom. The summed E-state index contributed by atoms with van der Waals surface area (Å²) in [5.74, 6) is 2.91. The Morgan fingerprint density at radius 3 is 2.53 bits per heavy atom. The van der Waals surface area contributed by atoms with E-state index in [2.05, 4.69) is 15.2 Å². The van der Waals surface area contributed by atoms with Crippen LogP contribution in [0.15, 0.2) is 4.99 Å². The molecule has 110 valence electrons. The monoisotopic (exact) mass is 267 g/mol. The summed E-state index contributed by atoms with van der Waals surface area (Å²) in [6.07, 6.45) is 6.74. The van der Waals surface area contributed by atoms with E-state index in [9.17, 15) is 0 Å². The van der Waals surface area contributed by atoms with Gasteiger partial charge < -0.3 is 15.0 Å². The van der Waals surface area contributed by atoms with Crippen LogP contribution in [-0.2, 0) is 4.74 Å². The van der Waals surface area contributed by atoms with Crippen molar-refractivity contribution in [3.63, 3.8) is 0 Å². The van der Waals surface area contributed by atoms with Crippen LogP contribution in [0, 0.1) is 11.8 Å². The van der Waals surface area contributed by atoms with E-state index in [1.165, 1.54) is 38.8 Å². The number of rotatable bonds is 5. The molecule has 1 aliphatic carbocycles. The van der Waals surface area contributed by atoms with Crippen molar-refractivity contribution >= 4 is 5.96 Å². The van der Waals surface area contributed by atoms with Crippen molar-refractivity contribution in [2.24, 2.45) is 16.8 Å². The van der Waals surface area contributed by atoms with Crippen LogP contribution in [0.1, 0.15) is 39.0 Å². The first-order valence-electron chi connectivity index (χ1n) is 7.88. The Hall–Kier alpha value is -0.770. The molecule has 0 bridgehead atoms. The molecular weight excluding hydrogens is 238 g/mol. The van der Waals surface area contributed by atoms with Crippen LogP contribution in [0.4, 0.5) is 0 Å². The van der Waals surface area contributed by atoms with Crippen LogP contribution >= 0.6 is 0 Å². The minimum Gasteiger partial charge on any atom is -0.382 e. The zero-order valence-electron chi connectivity index (χ0n) is 12.5. The molecular formula is C15H29N3O. The van der Waals surface area contributed by atoms with E-state index in [1.807, 2.05) is 14.0 Å². The summed E-state index contributed by atoms with van der Waals surface area (Å²) in [5, 5.41) is 3.48. The smallest absolute Gasteiger partial charge is 0.193 e. The van der Waals surface area contributed by atoms with Gasteiger partial charge in [0.05, 0.1) is 0 Å². The number of hydrogen-bond acceptors (Lipinski definition) is 2. The van der Waals surface area contributed by atoms with E-state index in [4.69, 9.17) is 4.74 Å². The van der Waals surface area contributed by atoms with E-state index >= 15 is 0 Å². The standard InChI is InChI=1S/C15H29N3O/c1-3-19-10-6-9-17-15(16-2)18-11-13-7-4-5-8-14(13)12-18/h13-14H,3-12H2,1-2H3,(H,16,17). The SMILES string of the molecule is CCOCCCNC(=NC)N1CC2CCCCC2C1. The fourth-order valence-corrected chi connectivity index (χ4v) is 3.43. The van der Waals surface area contributed by atoms with Crippen molar-refractivity contribution in [3.8, 4) is 0 Å². The molecule has 0 spiro atoms. The van der Waals surface area contributed by atoms with Gasteiger partial charge in [-0.25, -0.2) is 0 Å². The van der Waals surface area contributed by atoms with Gasteiger partial charge in [-0.3, -0.25) is 4.99 Å². The molecule has 0 aromatic carbocycles. The maximum atomic E-state index is 5.36. The zero-order chi connectivity index (χ0) is 13.5. The number of hydrogen-bond donors (Lipinski definition) is 1. The van der Waals surface area contributed by atoms with Gasteiger partial charge in [-0.1, -0.05) is 12.8 Å². The zero-order valence-corrected chi connectivity index (χ0v) is 12.5. The molecule has 2 unspecified atom stereocenters. The summed E-state index contributed by atoms with van der Waals surface area (Å²) >= 11 is 0. The maximum Gasteiger partial charge on any atom is 0.193 e. The number of nitrogens with zero attached hydrogens (tertiary/aromatic N) is 2. The van der Waals surface area contributed by atoms with Crippen LogP contribution < -0.4 is 5.32 Å². The Morgan fingerprint density at radius 2 is 1.95 bits per heavy atom. The molecule has 2 aliphatic rings. The number of nitrogens with one attached hydrogen (secondary N) is 1. The van der Waals surface area contributed by atoms with Crippen molar-refractivity contribution in [3.05, 3.63) is 0 Å². The Labute approximate surface area is 117 Å². The van der Waals surface area contributed by atoms with Gasteiger partial charge in [0.15, 0.2) is 5.96 Å². The second-order valence-electron chi connectivity index (χ2n) is 5.73. The first-order valence-corrected chi connectivity index (χ1v) is 7.88. The third-order valence-electron chi connectivity index (χ3n) is 4.44. The lowest BCUT2D eigenvalue weighted by Crippen LogP contribution is -2.40. The van der Waals surface area contributed by atoms with Crippen LogP contribution in [0.2, 0.25) is 0 Å². The number of fused-ring (bicyclic) bond motifs is 1. The molecule has 0 amide bonds. The number of likely N-dealkylation sites (tertiary alicyclic amines) is 1. The number of aliphatic imine (C=N–C) groups is 1. The fourth-order valence-electron chi connectivity index (χ4n) is 3.43. The minimum absolute atomic E-state index is 0.810. The first-order chi connectivity index (χ1) is 9.35. The summed E-state index contributed by atoms with van der Waals surface area (Å²) in [7, 11) is 1.90. The van der Waals surface area contributed by atoms with Crippen molar-refractivity contribution < 1.29 is 4.74 Å². The van der Waals surface area contributed by atoms with E-state index in [1.54, 1.807) is 0 Å². The van der Waals surface area contributed by atoms with Crippen molar-refractivity contribution in [2.45, 2.75) is 39.0 Å². The van der Waals surface area contributed by atoms with Crippen LogP contribution in [0.5, 0.6) is 0 Å². The molecule has 2 fully saturated rings. The molecule has 4 heteroatoms. The maximum absolute atomic E-state index is 5.36. The van der Waals surface area contributed by atoms with Gasteiger partial charge in [-0.2, -0.15) is 0 Å². The molecule has 0 radical (unpaired) electrons. The minimum atomic E-state index is 0.810. The number of guanidine groups is 1. The highest BCUT2D eigenvalue weighted by atomic mass is 16.5. The topological polar surface area (TPSA) is 36.9 Å². The molecule has 2 atom stereocenters. The largest absolute Gasteiger partial charge is 0.382 e. The molecule has 0 aromatic heterocycles. The predicted octanol–water partition coefficient (Wildman–Crippen LogP) is 2.11. The Bertz CT molecular complexity index is 279. The van der Waals surface area contributed by atoms with Gasteiger partial charge in [0.2, 0.25) is 0 Å². The molecule has 1 heterocycles. The predicted molar refractivity (Wildman–Crippen MR) is 79.5 cm³/mol. The van der Waals surface area contributed by atoms with Crippen LogP contribution in [0.25, 0.3) is 0 Å². The highest BCUT2D eigenvalue weighted by Gasteiger charge is 2.35. The van der Waals surface area contributed by atoms with E-state index in [-0.39, 0.29) is 0 Å². The summed E-state index contributed by atoms with van der Waals surface area (Å²) in [6, 6.07) is 0. The highest BCUT2D eigenvalue weighted by Crippen LogP contribution is 2.35. The molecule has 0 aromatic rings. The third kappa shape index (κ3) is 4.10. The van der Waals surface area contributed by atoms with Crippen LogP contribution in [0.3, 0.4) is 0 Å². The van der Waals surface area contributed by atoms with Gasteiger partial charge in [0, 0.05) is 39.9 Å². The van der Waals surface area contributed by atoms with Crippen LogP contribution in [-0.4, -0.2) is 50.8 Å². The average Bonchev–Trinajstić information content (AvgIpc) is 2.86. The van der Waals surface area contributed by atoms with Crippen molar-refractivity contribution in [1.82, 2.24) is 10.2 Å². The van der Waals surface area contributed by atoms with Crippen molar-refractivity contribution in [2.75, 3.05) is 39.9 Å². The summed E-state index contributed by atoms with van der Waals surface area (Å²) < 4.78 is 5.36. The number of ether oxygens (including phenoxy) is 1. The molecule has 19 heavy (non-hydrogen) atoms. The molecule has 1 aliphatic heterocycles. The van der Waals surface area contributed by atoms with E-state index in [0.717, 1.165) is 44.0 Å². The second kappa shape index (κ2) is 7.73. The lowest BCUT2D eigenvalue weighted by atomic mass is 9.82. The van der Waals surface area contributed by atoms with Gasteiger partial charge >= 0.3 is 0 Å². The molecule has 4 nitrogen and oxygen atoms in total. The molecule has 1 saturated heterocycles. The molecule has 1 N–H and O–H groups in total. The van der Waals surface area contributed by atoms with Gasteiger partial charge in [0.25, 0.3) is 0 Å². The summed E-state index contributed by atoms with van der Waals surface area (Å²) in [6.45, 7) is 7.05. The first kappa shape index (κ1) is 14.6. The van der Waals surface area contributed by atoms with E-state index in [0.29, 0.717) is 0 Å². The van der Waals surface area contributed by atoms with Gasteiger partial charge in [-0.15, -0.1) is 0 Å². The fraction of sp³-hybridized carbons (Fsp3) is 0.933. The van der Waals surface area contributed by atoms with Gasteiger partial charge in [-0.05, 0) is 38.0 Å². The lowest BCUT2D eigenvalue weighted by Gasteiger charge is -2.22. The summed E-state index contributed by atoms with van der Waals surface area (Å²) in [4.78, 5) is 6.90. The van der Waals surface area contributed by atoms with Gasteiger partial charge in [0.1, 0.15) is 0 Å². The Kier molecular flexibility index (Phi) is 5.95. The third-order valence-corrected chi connectivity index (χ3v) is 4.44. The second-order valence-corrected chi connectivity index (χ2v) is 5.73. The lowest BCUT2D eigenvalue weighted by molar-refractivity contribution is 0.145. The Balaban J connectivity index is 1.73. The van der Waals surface area contributed by atoms with Crippen molar-refractivity contribution in [1.29, 1.82) is 0 Å².